The van der Waals surface area contributed by atoms with Crippen LogP contribution >= 0.6 is 11.8 Å². The van der Waals surface area contributed by atoms with Crippen molar-refractivity contribution in [3.8, 4) is 0 Å². The molecule has 0 aromatic carbocycles. The minimum atomic E-state index is -0.0954. The molecule has 0 bridgehead atoms. The molecule has 1 saturated heterocycles. The molecule has 5 nitrogen and oxygen atoms in total. The maximum absolute atomic E-state index is 12.3. The number of hydrogen-bond donors (Lipinski definition) is 1. The zero-order valence-corrected chi connectivity index (χ0v) is 16.8. The van der Waals surface area contributed by atoms with Gasteiger partial charge in [0.15, 0.2) is 0 Å². The van der Waals surface area contributed by atoms with Gasteiger partial charge in [-0.2, -0.15) is 0 Å². The van der Waals surface area contributed by atoms with Gasteiger partial charge in [-0.15, -0.1) is 0 Å². The Morgan fingerprint density at radius 2 is 1.92 bits per heavy atom. The number of allylic oxidation sites excluding steroid dienone is 4. The Balaban J connectivity index is 0.00000151. The van der Waals surface area contributed by atoms with Crippen LogP contribution in [-0.4, -0.2) is 48.1 Å². The normalized spacial score (nSPS) is 15.9. The summed E-state index contributed by atoms with van der Waals surface area (Å²) in [6.45, 7) is 15.5. The second kappa shape index (κ2) is 10.9. The van der Waals surface area contributed by atoms with Crippen LogP contribution in [0.25, 0.3) is 0 Å². The Hall–Kier alpha value is -1.79. The molecule has 0 aliphatic carbocycles. The number of likely N-dealkylation sites (N-methyl/N-ethyl adjacent to an activating group) is 1. The molecule has 1 aliphatic heterocycles. The number of aromatic nitrogens is 2. The van der Waals surface area contributed by atoms with E-state index in [0.717, 1.165) is 36.7 Å². The van der Waals surface area contributed by atoms with Crippen LogP contribution in [0.2, 0.25) is 0 Å². The Morgan fingerprint density at radius 1 is 1.28 bits per heavy atom. The van der Waals surface area contributed by atoms with Gasteiger partial charge in [-0.05, 0) is 27.0 Å². The van der Waals surface area contributed by atoms with Gasteiger partial charge in [0.1, 0.15) is 0 Å². The summed E-state index contributed by atoms with van der Waals surface area (Å²) in [6, 6.07) is 0. The van der Waals surface area contributed by atoms with E-state index in [4.69, 9.17) is 0 Å². The summed E-state index contributed by atoms with van der Waals surface area (Å²) >= 11 is 1.41. The first-order valence-corrected chi connectivity index (χ1v) is 9.52. The zero-order chi connectivity index (χ0) is 18.8. The van der Waals surface area contributed by atoms with E-state index in [9.17, 15) is 4.79 Å². The van der Waals surface area contributed by atoms with Crippen LogP contribution in [0.5, 0.6) is 0 Å². The molecule has 0 atom stereocenters. The van der Waals surface area contributed by atoms with Crippen LogP contribution in [-0.2, 0) is 0 Å². The predicted octanol–water partition coefficient (Wildman–Crippen LogP) is 3.68. The number of nitrogens with zero attached hydrogens (tertiary/aromatic N) is 3. The minimum Gasteiger partial charge on any atom is -0.340 e. The first-order chi connectivity index (χ1) is 12.0. The third-order valence-corrected chi connectivity index (χ3v) is 4.72. The molecule has 1 N–H and O–H groups in total. The number of hydrogen-bond acceptors (Lipinski definition) is 5. The number of rotatable bonds is 5. The van der Waals surface area contributed by atoms with Crippen molar-refractivity contribution in [2.75, 3.05) is 38.1 Å². The first kappa shape index (κ1) is 21.3. The average Bonchev–Trinajstić information content (AvgIpc) is 2.62. The van der Waals surface area contributed by atoms with E-state index in [1.807, 2.05) is 45.9 Å². The third-order valence-electron chi connectivity index (χ3n) is 3.60. The van der Waals surface area contributed by atoms with Gasteiger partial charge in [0.25, 0.3) is 5.56 Å². The van der Waals surface area contributed by atoms with E-state index in [1.165, 1.54) is 11.8 Å². The highest BCUT2D eigenvalue weighted by Crippen LogP contribution is 2.25. The molecule has 2 rings (SSSR count). The predicted molar refractivity (Wildman–Crippen MR) is 109 cm³/mol. The number of H-pyrrole nitrogens is 1. The quantitative estimate of drug-likeness (QED) is 0.640. The van der Waals surface area contributed by atoms with Crippen molar-refractivity contribution in [2.45, 2.75) is 32.6 Å². The van der Waals surface area contributed by atoms with Gasteiger partial charge >= 0.3 is 0 Å². The SMILES string of the molecule is C=C(C)/C=C\C(=C/C)Sc1cnc(N2CCN(C)CC2)[nH]c1=O.CC. The highest BCUT2D eigenvalue weighted by atomic mass is 32.2. The maximum atomic E-state index is 12.3. The largest absolute Gasteiger partial charge is 0.340 e. The van der Waals surface area contributed by atoms with Crippen molar-refractivity contribution >= 4 is 17.7 Å². The molecule has 0 radical (unpaired) electrons. The van der Waals surface area contributed by atoms with Gasteiger partial charge in [0.05, 0.1) is 11.1 Å². The summed E-state index contributed by atoms with van der Waals surface area (Å²) in [5, 5.41) is 0. The van der Waals surface area contributed by atoms with Crippen molar-refractivity contribution in [1.82, 2.24) is 14.9 Å². The second-order valence-electron chi connectivity index (χ2n) is 5.66. The third kappa shape index (κ3) is 6.92. The minimum absolute atomic E-state index is 0.0954. The first-order valence-electron chi connectivity index (χ1n) is 8.70. The number of anilines is 1. The number of nitrogens with one attached hydrogen (secondary N) is 1. The lowest BCUT2D eigenvalue weighted by atomic mass is 10.3. The van der Waals surface area contributed by atoms with Crippen LogP contribution in [0.1, 0.15) is 27.7 Å². The van der Waals surface area contributed by atoms with Gasteiger partial charge in [-0.1, -0.05) is 49.9 Å². The van der Waals surface area contributed by atoms with E-state index in [-0.39, 0.29) is 5.56 Å². The average molecular weight is 363 g/mol. The highest BCUT2D eigenvalue weighted by molar-refractivity contribution is 8.03. The topological polar surface area (TPSA) is 52.2 Å². The summed E-state index contributed by atoms with van der Waals surface area (Å²) < 4.78 is 0. The molecule has 25 heavy (non-hydrogen) atoms. The Morgan fingerprint density at radius 3 is 2.44 bits per heavy atom. The Labute approximate surface area is 155 Å². The maximum Gasteiger partial charge on any atom is 0.266 e. The van der Waals surface area contributed by atoms with Gasteiger partial charge in [-0.25, -0.2) is 4.98 Å². The molecule has 0 amide bonds. The fourth-order valence-corrected chi connectivity index (χ4v) is 2.92. The monoisotopic (exact) mass is 362 g/mol. The molecule has 1 aromatic heterocycles. The van der Waals surface area contributed by atoms with Crippen molar-refractivity contribution < 1.29 is 0 Å². The molecule has 0 saturated carbocycles. The molecular weight excluding hydrogens is 332 g/mol. The van der Waals surface area contributed by atoms with E-state index in [1.54, 1.807) is 6.20 Å². The molecule has 0 spiro atoms. The lowest BCUT2D eigenvalue weighted by molar-refractivity contribution is 0.311. The summed E-state index contributed by atoms with van der Waals surface area (Å²) in [5.74, 6) is 0.659. The van der Waals surface area contributed by atoms with E-state index in [2.05, 4.69) is 33.4 Å². The Bertz CT molecular complexity index is 670. The van der Waals surface area contributed by atoms with Gasteiger partial charge in [0, 0.05) is 31.1 Å². The second-order valence-corrected chi connectivity index (χ2v) is 6.78. The molecular formula is C19H30N4OS. The molecule has 2 heterocycles. The lowest BCUT2D eigenvalue weighted by Crippen LogP contribution is -2.45. The molecule has 1 fully saturated rings. The lowest BCUT2D eigenvalue weighted by Gasteiger charge is -2.32. The van der Waals surface area contributed by atoms with Crippen LogP contribution in [0.3, 0.4) is 0 Å². The van der Waals surface area contributed by atoms with E-state index in [0.29, 0.717) is 10.8 Å². The molecule has 1 aromatic rings. The number of thioether (sulfide) groups is 1. The van der Waals surface area contributed by atoms with E-state index >= 15 is 0 Å². The molecule has 6 heteroatoms. The smallest absolute Gasteiger partial charge is 0.266 e. The summed E-state index contributed by atoms with van der Waals surface area (Å²) in [7, 11) is 2.10. The zero-order valence-electron chi connectivity index (χ0n) is 16.0. The molecule has 138 valence electrons. The number of aromatic amines is 1. The number of piperazine rings is 1. The molecule has 1 aliphatic rings. The van der Waals surface area contributed by atoms with Crippen molar-refractivity contribution in [1.29, 1.82) is 0 Å². The van der Waals surface area contributed by atoms with Crippen molar-refractivity contribution in [3.63, 3.8) is 0 Å². The van der Waals surface area contributed by atoms with E-state index < -0.39 is 0 Å². The summed E-state index contributed by atoms with van der Waals surface area (Å²) in [6.07, 6.45) is 7.52. The fourth-order valence-electron chi connectivity index (χ4n) is 2.17. The molecule has 0 unspecified atom stereocenters. The standard InChI is InChI=1S/C17H24N4OS.C2H6/c1-5-14(7-6-13(2)3)23-15-12-18-17(19-16(15)22)21-10-8-20(4)9-11-21;1-2/h5-7,12H,2,8-11H2,1,3-4H3,(H,18,19,22);1-2H3/b7-6-,14-5+;. The highest BCUT2D eigenvalue weighted by Gasteiger charge is 2.16. The fraction of sp³-hybridized carbons (Fsp3) is 0.474. The van der Waals surface area contributed by atoms with Gasteiger partial charge < -0.3 is 9.80 Å². The van der Waals surface area contributed by atoms with Crippen molar-refractivity contribution in [2.24, 2.45) is 0 Å². The summed E-state index contributed by atoms with van der Waals surface area (Å²) in [5.41, 5.74) is 0.879. The van der Waals surface area contributed by atoms with Crippen LogP contribution in [0.4, 0.5) is 5.95 Å². The van der Waals surface area contributed by atoms with Crippen LogP contribution in [0.15, 0.2) is 51.2 Å². The van der Waals surface area contributed by atoms with Gasteiger partial charge in [0.2, 0.25) is 5.95 Å². The van der Waals surface area contributed by atoms with Crippen LogP contribution in [0, 0.1) is 0 Å². The summed E-state index contributed by atoms with van der Waals surface area (Å²) in [4.78, 5) is 25.6. The van der Waals surface area contributed by atoms with Gasteiger partial charge in [-0.3, -0.25) is 9.78 Å². The van der Waals surface area contributed by atoms with Crippen LogP contribution < -0.4 is 10.5 Å². The van der Waals surface area contributed by atoms with Crippen molar-refractivity contribution in [3.05, 3.63) is 51.8 Å². The Kier molecular flexibility index (Phi) is 9.31.